The van der Waals surface area contributed by atoms with Crippen LogP contribution < -0.4 is 0 Å². The molecule has 0 atom stereocenters. The number of pyridine rings is 1. The summed E-state index contributed by atoms with van der Waals surface area (Å²) >= 11 is 1.44. The molecule has 0 spiro atoms. The lowest BCUT2D eigenvalue weighted by atomic mass is 10.1. The Kier molecular flexibility index (Phi) is 3.69. The van der Waals surface area contributed by atoms with Crippen LogP contribution in [0.25, 0.3) is 37.6 Å². The van der Waals surface area contributed by atoms with Crippen molar-refractivity contribution in [2.45, 2.75) is 33.5 Å². The summed E-state index contributed by atoms with van der Waals surface area (Å²) in [6, 6.07) is 2.97. The first-order chi connectivity index (χ1) is 13.8. The molecule has 5 heterocycles. The summed E-state index contributed by atoms with van der Waals surface area (Å²) in [5.74, 6) is 0.121. The maximum atomic E-state index is 13.2. The van der Waals surface area contributed by atoms with Gasteiger partial charge in [0.25, 0.3) is 0 Å². The van der Waals surface area contributed by atoms with E-state index >= 15 is 0 Å². The lowest BCUT2D eigenvalue weighted by Crippen LogP contribution is -2.13. The van der Waals surface area contributed by atoms with Crippen molar-refractivity contribution in [3.8, 4) is 11.5 Å². The van der Waals surface area contributed by atoms with Crippen LogP contribution in [0, 0.1) is 13.8 Å². The molecule has 5 rings (SSSR count). The molecule has 0 unspecified atom stereocenters. The molecule has 0 fully saturated rings. The molecule has 11 heteroatoms. The van der Waals surface area contributed by atoms with Gasteiger partial charge in [0.2, 0.25) is 5.82 Å². The maximum absolute atomic E-state index is 13.2. The van der Waals surface area contributed by atoms with Crippen LogP contribution in [0.1, 0.15) is 23.9 Å². The fraction of sp³-hybridized carbons (Fsp3) is 0.278. The average Bonchev–Trinajstić information content (AvgIpc) is 3.33. The second-order valence-electron chi connectivity index (χ2n) is 6.72. The predicted molar refractivity (Wildman–Crippen MR) is 103 cm³/mol. The van der Waals surface area contributed by atoms with Crippen LogP contribution in [0.5, 0.6) is 0 Å². The molecule has 0 saturated heterocycles. The zero-order chi connectivity index (χ0) is 20.5. The number of thiophene rings is 1. The first-order valence-electron chi connectivity index (χ1n) is 8.83. The molecule has 0 saturated carbocycles. The Balaban J connectivity index is 1.75. The van der Waals surface area contributed by atoms with E-state index in [-0.39, 0.29) is 18.1 Å². The first-order valence-corrected chi connectivity index (χ1v) is 9.65. The number of hydrogen-bond acceptors (Lipinski definition) is 6. The zero-order valence-corrected chi connectivity index (χ0v) is 16.4. The van der Waals surface area contributed by atoms with Crippen molar-refractivity contribution >= 4 is 37.4 Å². The summed E-state index contributed by atoms with van der Waals surface area (Å²) < 4.78 is 42.9. The van der Waals surface area contributed by atoms with Gasteiger partial charge in [-0.3, -0.25) is 4.68 Å². The number of fused-ring (bicyclic) bond motifs is 5. The molecular formula is C18H14F3N7S. The van der Waals surface area contributed by atoms with E-state index in [1.807, 2.05) is 19.9 Å². The number of nitrogens with zero attached hydrogens (tertiary/aromatic N) is 7. The molecule has 0 radical (unpaired) electrons. The number of hydrogen-bond donors (Lipinski definition) is 0. The predicted octanol–water partition coefficient (Wildman–Crippen LogP) is 4.41. The monoisotopic (exact) mass is 417 g/mol. The largest absolute Gasteiger partial charge is 0.433 e. The van der Waals surface area contributed by atoms with Crippen LogP contribution in [-0.4, -0.2) is 34.3 Å². The molecule has 7 nitrogen and oxygen atoms in total. The van der Waals surface area contributed by atoms with E-state index < -0.39 is 11.9 Å². The van der Waals surface area contributed by atoms with E-state index in [1.54, 1.807) is 6.92 Å². The molecular weight excluding hydrogens is 403 g/mol. The van der Waals surface area contributed by atoms with E-state index in [0.29, 0.717) is 5.65 Å². The van der Waals surface area contributed by atoms with Crippen LogP contribution in [0.3, 0.4) is 0 Å². The number of aromatic nitrogens is 7. The van der Waals surface area contributed by atoms with Crippen molar-refractivity contribution in [1.29, 1.82) is 0 Å². The van der Waals surface area contributed by atoms with Gasteiger partial charge in [-0.25, -0.2) is 19.5 Å². The number of rotatable bonds is 2. The summed E-state index contributed by atoms with van der Waals surface area (Å²) in [5.41, 5.74) is 2.49. The molecule has 0 amide bonds. The Bertz CT molecular complexity index is 1410. The summed E-state index contributed by atoms with van der Waals surface area (Å²) in [6.07, 6.45) is -2.98. The minimum absolute atomic E-state index is 0.0716. The molecule has 0 aliphatic carbocycles. The van der Waals surface area contributed by atoms with E-state index in [2.05, 4.69) is 25.1 Å². The quantitative estimate of drug-likeness (QED) is 0.426. The maximum Gasteiger partial charge on any atom is 0.433 e. The normalized spacial score (nSPS) is 12.6. The standard InChI is InChI=1S/C18H14F3N7S/c1-4-27-11(18(19,20)21)6-10(25-27)15-24-16-14-13(22-7-28(16)26-15)12-8(2)5-9(3)23-17(12)29-14/h5-7H,4H2,1-3H3. The van der Waals surface area contributed by atoms with Gasteiger partial charge in [-0.2, -0.15) is 18.3 Å². The van der Waals surface area contributed by atoms with Gasteiger partial charge >= 0.3 is 6.18 Å². The van der Waals surface area contributed by atoms with Gasteiger partial charge in [0.05, 0.1) is 5.52 Å². The van der Waals surface area contributed by atoms with E-state index in [9.17, 15) is 13.2 Å². The molecule has 0 bridgehead atoms. The second-order valence-corrected chi connectivity index (χ2v) is 7.72. The molecule has 0 aliphatic rings. The van der Waals surface area contributed by atoms with Gasteiger partial charge in [0.15, 0.2) is 5.65 Å². The van der Waals surface area contributed by atoms with E-state index in [4.69, 9.17) is 0 Å². The average molecular weight is 417 g/mol. The zero-order valence-electron chi connectivity index (χ0n) is 15.6. The van der Waals surface area contributed by atoms with E-state index in [0.717, 1.165) is 42.4 Å². The number of halogens is 3. The minimum atomic E-state index is -4.50. The lowest BCUT2D eigenvalue weighted by molar-refractivity contribution is -0.144. The van der Waals surface area contributed by atoms with Gasteiger partial charge in [-0.15, -0.1) is 16.4 Å². The lowest BCUT2D eigenvalue weighted by Gasteiger charge is -2.06. The summed E-state index contributed by atoms with van der Waals surface area (Å²) in [6.45, 7) is 5.62. The molecule has 0 N–H and O–H groups in total. The Morgan fingerprint density at radius 3 is 2.59 bits per heavy atom. The summed E-state index contributed by atoms with van der Waals surface area (Å²) in [5, 5.41) is 9.29. The third kappa shape index (κ3) is 2.68. The van der Waals surface area contributed by atoms with Gasteiger partial charge in [0, 0.05) is 17.6 Å². The fourth-order valence-electron chi connectivity index (χ4n) is 3.47. The fourth-order valence-corrected chi connectivity index (χ4v) is 4.70. The number of alkyl halides is 3. The molecule has 5 aromatic rings. The SMILES string of the molecule is CCn1nc(-c2nc3c4sc5nc(C)cc(C)c5c4ncn3n2)cc1C(F)(F)F. The van der Waals surface area contributed by atoms with Crippen molar-refractivity contribution in [2.24, 2.45) is 0 Å². The highest BCUT2D eigenvalue weighted by Crippen LogP contribution is 2.36. The smallest absolute Gasteiger partial charge is 0.260 e. The third-order valence-electron chi connectivity index (χ3n) is 4.69. The van der Waals surface area contributed by atoms with Crippen molar-refractivity contribution in [3.63, 3.8) is 0 Å². The van der Waals surface area contributed by atoms with E-state index in [1.165, 1.54) is 22.2 Å². The summed E-state index contributed by atoms with van der Waals surface area (Å²) in [4.78, 5) is 14.4. The summed E-state index contributed by atoms with van der Waals surface area (Å²) in [7, 11) is 0. The Labute approximate surface area is 165 Å². The molecule has 0 aromatic carbocycles. The molecule has 0 aliphatic heterocycles. The molecule has 148 valence electrons. The highest BCUT2D eigenvalue weighted by molar-refractivity contribution is 7.26. The Morgan fingerprint density at radius 1 is 1.10 bits per heavy atom. The van der Waals surface area contributed by atoms with Crippen molar-refractivity contribution in [2.75, 3.05) is 0 Å². The van der Waals surface area contributed by atoms with Crippen LogP contribution in [-0.2, 0) is 12.7 Å². The Hall–Kier alpha value is -3.08. The van der Waals surface area contributed by atoms with Gasteiger partial charge in [0.1, 0.15) is 27.2 Å². The van der Waals surface area contributed by atoms with Crippen molar-refractivity contribution in [1.82, 2.24) is 34.3 Å². The second kappa shape index (κ2) is 5.96. The van der Waals surface area contributed by atoms with Crippen LogP contribution >= 0.6 is 11.3 Å². The van der Waals surface area contributed by atoms with Gasteiger partial charge in [-0.05, 0) is 38.5 Å². The van der Waals surface area contributed by atoms with Crippen LogP contribution in [0.4, 0.5) is 13.2 Å². The molecule has 5 aromatic heterocycles. The third-order valence-corrected chi connectivity index (χ3v) is 5.76. The minimum Gasteiger partial charge on any atom is -0.260 e. The highest BCUT2D eigenvalue weighted by Gasteiger charge is 2.36. The number of aryl methyl sites for hydroxylation is 3. The molecule has 29 heavy (non-hydrogen) atoms. The van der Waals surface area contributed by atoms with Crippen LogP contribution in [0.2, 0.25) is 0 Å². The van der Waals surface area contributed by atoms with Gasteiger partial charge < -0.3 is 0 Å². The highest BCUT2D eigenvalue weighted by atomic mass is 32.1. The van der Waals surface area contributed by atoms with Crippen molar-refractivity contribution < 1.29 is 13.2 Å². The van der Waals surface area contributed by atoms with Crippen molar-refractivity contribution in [3.05, 3.63) is 35.4 Å². The van der Waals surface area contributed by atoms with Crippen LogP contribution in [0.15, 0.2) is 18.5 Å². The first kappa shape index (κ1) is 18.0. The topological polar surface area (TPSA) is 73.8 Å². The van der Waals surface area contributed by atoms with Gasteiger partial charge in [-0.1, -0.05) is 0 Å². The Morgan fingerprint density at radius 2 is 1.90 bits per heavy atom.